The highest BCUT2D eigenvalue weighted by Crippen LogP contribution is 2.29. The number of rotatable bonds is 4. The minimum Gasteiger partial charge on any atom is -0.352 e. The molecule has 0 aromatic carbocycles. The Morgan fingerprint density at radius 3 is 2.58 bits per heavy atom. The largest absolute Gasteiger partial charge is 0.352 e. The summed E-state index contributed by atoms with van der Waals surface area (Å²) in [7, 11) is 0. The van der Waals surface area contributed by atoms with Crippen LogP contribution in [0.15, 0.2) is 18.5 Å². The maximum absolute atomic E-state index is 13.1. The first-order valence-corrected chi connectivity index (χ1v) is 9.02. The minimum absolute atomic E-state index is 0.0490. The van der Waals surface area contributed by atoms with Crippen LogP contribution in [-0.2, 0) is 9.59 Å². The van der Waals surface area contributed by atoms with E-state index in [1.54, 1.807) is 11.0 Å². The molecule has 0 saturated carbocycles. The lowest BCUT2D eigenvalue weighted by molar-refractivity contribution is -0.142. The molecule has 26 heavy (non-hydrogen) atoms. The third-order valence-corrected chi connectivity index (χ3v) is 4.89. The molecule has 0 radical (unpaired) electrons. The molecule has 2 fully saturated rings. The number of piperazine rings is 1. The summed E-state index contributed by atoms with van der Waals surface area (Å²) in [5.74, 6) is -0.0916. The van der Waals surface area contributed by atoms with Crippen molar-refractivity contribution in [2.24, 2.45) is 5.92 Å². The highest BCUT2D eigenvalue weighted by Gasteiger charge is 2.47. The van der Waals surface area contributed by atoms with Gasteiger partial charge in [-0.2, -0.15) is 0 Å². The second-order valence-electron chi connectivity index (χ2n) is 7.45. The molecule has 140 valence electrons. The lowest BCUT2D eigenvalue weighted by Crippen LogP contribution is -2.61. The molecule has 3 amide bonds. The molecule has 0 spiro atoms. The van der Waals surface area contributed by atoms with Gasteiger partial charge in [0.2, 0.25) is 17.6 Å². The smallest absolute Gasteiger partial charge is 0.292 e. The van der Waals surface area contributed by atoms with Crippen molar-refractivity contribution in [1.82, 2.24) is 25.1 Å². The first kappa shape index (κ1) is 18.3. The van der Waals surface area contributed by atoms with Gasteiger partial charge >= 0.3 is 0 Å². The average Bonchev–Trinajstić information content (AvgIpc) is 2.99. The fraction of sp³-hybridized carbons (Fsp3) is 0.611. The molecular weight excluding hydrogens is 334 g/mol. The van der Waals surface area contributed by atoms with Crippen molar-refractivity contribution in [2.75, 3.05) is 13.1 Å². The Morgan fingerprint density at radius 1 is 1.27 bits per heavy atom. The third kappa shape index (κ3) is 3.68. The van der Waals surface area contributed by atoms with Crippen molar-refractivity contribution in [2.45, 2.75) is 51.7 Å². The Labute approximate surface area is 153 Å². The summed E-state index contributed by atoms with van der Waals surface area (Å²) in [6, 6.07) is 0.985. The van der Waals surface area contributed by atoms with Crippen LogP contribution in [0.4, 0.5) is 0 Å². The van der Waals surface area contributed by atoms with Crippen LogP contribution in [0.2, 0.25) is 0 Å². The number of carbonyl (C=O) groups is 3. The van der Waals surface area contributed by atoms with Crippen molar-refractivity contribution in [1.29, 1.82) is 0 Å². The molecular formula is C18H25N5O3. The zero-order valence-corrected chi connectivity index (χ0v) is 15.4. The van der Waals surface area contributed by atoms with Crippen LogP contribution >= 0.6 is 0 Å². The SMILES string of the molecule is CC(=O)N[C@H]1C[C@H]2CN(C(=O)c3ncccn3)[C@@H](CC(C)C)C(=O)N2C1. The number of hydrogen-bond acceptors (Lipinski definition) is 5. The standard InChI is InChI=1S/C18H25N5O3/c1-11(2)7-15-17(25)22-9-13(21-12(3)24)8-14(22)10-23(15)18(26)16-19-5-4-6-20-16/h4-6,11,13-15H,7-10H2,1-3H3,(H,21,24)/t13-,14-,15-/m0/s1. The van der Waals surface area contributed by atoms with Crippen molar-refractivity contribution in [3.63, 3.8) is 0 Å². The highest BCUT2D eigenvalue weighted by atomic mass is 16.2. The zero-order valence-electron chi connectivity index (χ0n) is 15.4. The minimum atomic E-state index is -0.515. The van der Waals surface area contributed by atoms with E-state index in [0.29, 0.717) is 25.9 Å². The lowest BCUT2D eigenvalue weighted by atomic mass is 9.97. The normalized spacial score (nSPS) is 25.4. The number of fused-ring (bicyclic) bond motifs is 1. The predicted octanol–water partition coefficient (Wildman–Crippen LogP) is 0.453. The first-order valence-electron chi connectivity index (χ1n) is 9.02. The van der Waals surface area contributed by atoms with Gasteiger partial charge in [-0.05, 0) is 24.8 Å². The Kier molecular flexibility index (Phi) is 5.20. The Balaban J connectivity index is 1.84. The molecule has 3 rings (SSSR count). The summed E-state index contributed by atoms with van der Waals surface area (Å²) in [5.41, 5.74) is 0. The number of carbonyl (C=O) groups excluding carboxylic acids is 3. The summed E-state index contributed by atoms with van der Waals surface area (Å²) < 4.78 is 0. The second-order valence-corrected chi connectivity index (χ2v) is 7.45. The van der Waals surface area contributed by atoms with E-state index < -0.39 is 6.04 Å². The Bertz CT molecular complexity index is 693. The van der Waals surface area contributed by atoms with Gasteiger partial charge in [0.25, 0.3) is 5.91 Å². The molecule has 0 unspecified atom stereocenters. The molecule has 2 aliphatic heterocycles. The fourth-order valence-electron chi connectivity index (χ4n) is 3.87. The van der Waals surface area contributed by atoms with Gasteiger partial charge in [0.1, 0.15) is 6.04 Å². The van der Waals surface area contributed by atoms with Gasteiger partial charge in [-0.3, -0.25) is 14.4 Å². The third-order valence-electron chi connectivity index (χ3n) is 4.89. The summed E-state index contributed by atoms with van der Waals surface area (Å²) in [6.45, 7) is 6.48. The van der Waals surface area contributed by atoms with E-state index in [1.165, 1.54) is 19.3 Å². The molecule has 1 aromatic rings. The molecule has 1 aromatic heterocycles. The number of amides is 3. The van der Waals surface area contributed by atoms with Crippen molar-refractivity contribution < 1.29 is 14.4 Å². The van der Waals surface area contributed by atoms with E-state index >= 15 is 0 Å². The van der Waals surface area contributed by atoms with E-state index in [2.05, 4.69) is 15.3 Å². The van der Waals surface area contributed by atoms with E-state index in [1.807, 2.05) is 18.7 Å². The number of nitrogens with zero attached hydrogens (tertiary/aromatic N) is 4. The van der Waals surface area contributed by atoms with Crippen LogP contribution in [0.5, 0.6) is 0 Å². The second kappa shape index (κ2) is 7.39. The number of nitrogens with one attached hydrogen (secondary N) is 1. The highest BCUT2D eigenvalue weighted by molar-refractivity contribution is 5.96. The summed E-state index contributed by atoms with van der Waals surface area (Å²) in [5, 5.41) is 2.89. The summed E-state index contributed by atoms with van der Waals surface area (Å²) in [4.78, 5) is 48.9. The predicted molar refractivity (Wildman–Crippen MR) is 94.0 cm³/mol. The van der Waals surface area contributed by atoms with Gasteiger partial charge in [-0.25, -0.2) is 9.97 Å². The van der Waals surface area contributed by atoms with Gasteiger partial charge in [0, 0.05) is 38.4 Å². The average molecular weight is 359 g/mol. The quantitative estimate of drug-likeness (QED) is 0.842. The van der Waals surface area contributed by atoms with Gasteiger partial charge in [-0.1, -0.05) is 13.8 Å². The van der Waals surface area contributed by atoms with Gasteiger partial charge < -0.3 is 15.1 Å². The molecule has 2 aliphatic rings. The molecule has 8 heteroatoms. The molecule has 3 atom stereocenters. The summed E-state index contributed by atoms with van der Waals surface area (Å²) >= 11 is 0. The first-order chi connectivity index (χ1) is 12.4. The van der Waals surface area contributed by atoms with Crippen molar-refractivity contribution in [3.05, 3.63) is 24.3 Å². The van der Waals surface area contributed by atoms with E-state index in [4.69, 9.17) is 0 Å². The number of hydrogen-bond donors (Lipinski definition) is 1. The van der Waals surface area contributed by atoms with Crippen molar-refractivity contribution in [3.8, 4) is 0 Å². The van der Waals surface area contributed by atoms with Crippen LogP contribution in [-0.4, -0.2) is 68.7 Å². The van der Waals surface area contributed by atoms with Gasteiger partial charge in [-0.15, -0.1) is 0 Å². The maximum atomic E-state index is 13.1. The van der Waals surface area contributed by atoms with Crippen LogP contribution in [0.3, 0.4) is 0 Å². The van der Waals surface area contributed by atoms with Gasteiger partial charge in [0.15, 0.2) is 0 Å². The molecule has 0 bridgehead atoms. The van der Waals surface area contributed by atoms with E-state index in [0.717, 1.165) is 0 Å². The Hall–Kier alpha value is -2.51. The maximum Gasteiger partial charge on any atom is 0.292 e. The fourth-order valence-corrected chi connectivity index (χ4v) is 3.87. The lowest BCUT2D eigenvalue weighted by Gasteiger charge is -2.43. The summed E-state index contributed by atoms with van der Waals surface area (Å²) in [6.07, 6.45) is 4.29. The molecule has 3 heterocycles. The topological polar surface area (TPSA) is 95.5 Å². The number of aromatic nitrogens is 2. The van der Waals surface area contributed by atoms with Gasteiger partial charge in [0.05, 0.1) is 6.04 Å². The van der Waals surface area contributed by atoms with Crippen molar-refractivity contribution >= 4 is 17.7 Å². The molecule has 1 N–H and O–H groups in total. The van der Waals surface area contributed by atoms with E-state index in [-0.39, 0.29) is 41.5 Å². The van der Waals surface area contributed by atoms with Crippen LogP contribution in [0.1, 0.15) is 44.2 Å². The Morgan fingerprint density at radius 2 is 1.96 bits per heavy atom. The van der Waals surface area contributed by atoms with E-state index in [9.17, 15) is 14.4 Å². The monoisotopic (exact) mass is 359 g/mol. The van der Waals surface area contributed by atoms with Crippen LogP contribution in [0, 0.1) is 5.92 Å². The zero-order chi connectivity index (χ0) is 18.8. The molecule has 8 nitrogen and oxygen atoms in total. The van der Waals surface area contributed by atoms with Crippen LogP contribution < -0.4 is 5.32 Å². The molecule has 2 saturated heterocycles. The molecule has 0 aliphatic carbocycles. The van der Waals surface area contributed by atoms with Crippen LogP contribution in [0.25, 0.3) is 0 Å².